The number of rotatable bonds is 2. The van der Waals surface area contributed by atoms with Crippen LogP contribution in [0.4, 0.5) is 5.69 Å². The Morgan fingerprint density at radius 2 is 2.31 bits per heavy atom. The van der Waals surface area contributed by atoms with E-state index in [0.717, 1.165) is 5.69 Å². The van der Waals surface area contributed by atoms with Crippen molar-refractivity contribution in [3.63, 3.8) is 0 Å². The van der Waals surface area contributed by atoms with Crippen LogP contribution >= 0.6 is 0 Å². The first-order chi connectivity index (χ1) is 6.27. The van der Waals surface area contributed by atoms with Gasteiger partial charge in [0.15, 0.2) is 0 Å². The summed E-state index contributed by atoms with van der Waals surface area (Å²) < 4.78 is 0. The van der Waals surface area contributed by atoms with Gasteiger partial charge in [0.05, 0.1) is 18.2 Å². The van der Waals surface area contributed by atoms with E-state index in [0.29, 0.717) is 12.1 Å². The largest absolute Gasteiger partial charge is 0.363 e. The highest BCUT2D eigenvalue weighted by Gasteiger charge is 1.98. The van der Waals surface area contributed by atoms with Gasteiger partial charge in [0, 0.05) is 12.7 Å². The molecule has 0 aliphatic rings. The van der Waals surface area contributed by atoms with E-state index in [1.807, 2.05) is 30.1 Å². The van der Waals surface area contributed by atoms with Gasteiger partial charge in [0.25, 0.3) is 0 Å². The summed E-state index contributed by atoms with van der Waals surface area (Å²) in [5, 5.41) is 8.66. The van der Waals surface area contributed by atoms with Crippen molar-refractivity contribution in [1.82, 2.24) is 0 Å². The van der Waals surface area contributed by atoms with Gasteiger partial charge in [0.1, 0.15) is 0 Å². The van der Waals surface area contributed by atoms with Gasteiger partial charge in [-0.15, -0.1) is 6.42 Å². The van der Waals surface area contributed by atoms with Crippen molar-refractivity contribution >= 4 is 5.69 Å². The summed E-state index contributed by atoms with van der Waals surface area (Å²) >= 11 is 0. The zero-order chi connectivity index (χ0) is 9.68. The molecule has 0 saturated carbocycles. The Balaban J connectivity index is 2.91. The third-order valence-electron chi connectivity index (χ3n) is 1.74. The van der Waals surface area contributed by atoms with Crippen LogP contribution in [0.1, 0.15) is 5.56 Å². The second-order valence-electron chi connectivity index (χ2n) is 2.72. The Kier molecular flexibility index (Phi) is 2.95. The summed E-state index contributed by atoms with van der Waals surface area (Å²) in [6, 6.07) is 9.45. The molecular weight excluding hydrogens is 160 g/mol. The molecule has 0 aliphatic heterocycles. The van der Waals surface area contributed by atoms with Crippen molar-refractivity contribution in [2.45, 2.75) is 0 Å². The lowest BCUT2D eigenvalue weighted by Gasteiger charge is -2.15. The first kappa shape index (κ1) is 9.16. The monoisotopic (exact) mass is 170 g/mol. The van der Waals surface area contributed by atoms with Gasteiger partial charge in [0.2, 0.25) is 0 Å². The fourth-order valence-corrected chi connectivity index (χ4v) is 1.04. The SMILES string of the molecule is C#CCN(C)c1cccc(C#N)c1. The maximum Gasteiger partial charge on any atom is 0.0992 e. The van der Waals surface area contributed by atoms with E-state index in [1.165, 1.54) is 0 Å². The molecule has 0 aromatic heterocycles. The molecule has 0 heterocycles. The summed E-state index contributed by atoms with van der Waals surface area (Å²) in [6.45, 7) is 0.550. The molecule has 0 bridgehead atoms. The van der Waals surface area contributed by atoms with Crippen LogP contribution in [0, 0.1) is 23.7 Å². The van der Waals surface area contributed by atoms with Gasteiger partial charge >= 0.3 is 0 Å². The van der Waals surface area contributed by atoms with Crippen molar-refractivity contribution < 1.29 is 0 Å². The lowest BCUT2D eigenvalue weighted by molar-refractivity contribution is 1.05. The summed E-state index contributed by atoms with van der Waals surface area (Å²) in [6.07, 6.45) is 5.18. The zero-order valence-corrected chi connectivity index (χ0v) is 7.49. The maximum absolute atomic E-state index is 8.66. The van der Waals surface area contributed by atoms with Crippen molar-refractivity contribution in [1.29, 1.82) is 5.26 Å². The summed E-state index contributed by atoms with van der Waals surface area (Å²) in [4.78, 5) is 1.92. The molecule has 0 N–H and O–H groups in total. The first-order valence-electron chi connectivity index (χ1n) is 3.92. The average Bonchev–Trinajstić information content (AvgIpc) is 2.18. The molecule has 13 heavy (non-hydrogen) atoms. The third-order valence-corrected chi connectivity index (χ3v) is 1.74. The molecular formula is C11H10N2. The van der Waals surface area contributed by atoms with Crippen LogP contribution in [-0.4, -0.2) is 13.6 Å². The highest BCUT2D eigenvalue weighted by molar-refractivity contribution is 5.51. The molecule has 0 fully saturated rings. The van der Waals surface area contributed by atoms with Crippen LogP contribution in [0.5, 0.6) is 0 Å². The molecule has 1 aromatic rings. The number of hydrogen-bond acceptors (Lipinski definition) is 2. The van der Waals surface area contributed by atoms with Gasteiger partial charge in [-0.1, -0.05) is 12.0 Å². The zero-order valence-electron chi connectivity index (χ0n) is 7.49. The molecule has 0 amide bonds. The van der Waals surface area contributed by atoms with Gasteiger partial charge in [-0.2, -0.15) is 5.26 Å². The number of nitriles is 1. The van der Waals surface area contributed by atoms with Gasteiger partial charge in [-0.3, -0.25) is 0 Å². The quantitative estimate of drug-likeness (QED) is 0.631. The molecule has 0 saturated heterocycles. The average molecular weight is 170 g/mol. The summed E-state index contributed by atoms with van der Waals surface area (Å²) in [5.41, 5.74) is 1.62. The van der Waals surface area contributed by atoms with E-state index in [1.54, 1.807) is 6.07 Å². The fraction of sp³-hybridized carbons (Fsp3) is 0.182. The second kappa shape index (κ2) is 4.18. The van der Waals surface area contributed by atoms with Crippen molar-refractivity contribution in [2.24, 2.45) is 0 Å². The molecule has 2 nitrogen and oxygen atoms in total. The molecule has 2 heteroatoms. The Labute approximate surface area is 78.4 Å². The maximum atomic E-state index is 8.66. The molecule has 1 aromatic carbocycles. The predicted molar refractivity (Wildman–Crippen MR) is 53.3 cm³/mol. The normalized spacial score (nSPS) is 8.54. The number of nitrogens with zero attached hydrogens (tertiary/aromatic N) is 2. The molecule has 0 radical (unpaired) electrons. The van der Waals surface area contributed by atoms with Crippen LogP contribution < -0.4 is 4.90 Å². The van der Waals surface area contributed by atoms with Crippen molar-refractivity contribution in [3.05, 3.63) is 29.8 Å². The summed E-state index contributed by atoms with van der Waals surface area (Å²) in [7, 11) is 1.90. The lowest BCUT2D eigenvalue weighted by Crippen LogP contribution is -2.16. The van der Waals surface area contributed by atoms with Crippen LogP contribution in [0.15, 0.2) is 24.3 Å². The van der Waals surface area contributed by atoms with E-state index in [9.17, 15) is 0 Å². The molecule has 64 valence electrons. The van der Waals surface area contributed by atoms with Gasteiger partial charge in [-0.25, -0.2) is 0 Å². The Morgan fingerprint density at radius 3 is 2.92 bits per heavy atom. The van der Waals surface area contributed by atoms with E-state index >= 15 is 0 Å². The lowest BCUT2D eigenvalue weighted by atomic mass is 10.2. The van der Waals surface area contributed by atoms with Crippen molar-refractivity contribution in [3.8, 4) is 18.4 Å². The number of anilines is 1. The van der Waals surface area contributed by atoms with Crippen LogP contribution in [0.25, 0.3) is 0 Å². The topological polar surface area (TPSA) is 27.0 Å². The van der Waals surface area contributed by atoms with Crippen LogP contribution in [0.2, 0.25) is 0 Å². The van der Waals surface area contributed by atoms with E-state index in [-0.39, 0.29) is 0 Å². The standard InChI is InChI=1S/C11H10N2/c1-3-7-13(2)11-6-4-5-10(8-11)9-12/h1,4-6,8H,7H2,2H3. The Morgan fingerprint density at radius 1 is 1.54 bits per heavy atom. The minimum absolute atomic E-state index is 0.550. The molecule has 0 aliphatic carbocycles. The second-order valence-corrected chi connectivity index (χ2v) is 2.72. The molecule has 0 spiro atoms. The van der Waals surface area contributed by atoms with Crippen LogP contribution in [0.3, 0.4) is 0 Å². The number of terminal acetylenes is 1. The molecule has 0 atom stereocenters. The summed E-state index contributed by atoms with van der Waals surface area (Å²) in [5.74, 6) is 2.55. The number of benzene rings is 1. The van der Waals surface area contributed by atoms with E-state index < -0.39 is 0 Å². The van der Waals surface area contributed by atoms with E-state index in [2.05, 4.69) is 12.0 Å². The fourth-order valence-electron chi connectivity index (χ4n) is 1.04. The first-order valence-corrected chi connectivity index (χ1v) is 3.92. The number of hydrogen-bond donors (Lipinski definition) is 0. The minimum atomic E-state index is 0.550. The van der Waals surface area contributed by atoms with Crippen molar-refractivity contribution in [2.75, 3.05) is 18.5 Å². The predicted octanol–water partition coefficient (Wildman–Crippen LogP) is 1.63. The Bertz CT molecular complexity index is 368. The van der Waals surface area contributed by atoms with Gasteiger partial charge < -0.3 is 4.90 Å². The molecule has 1 rings (SSSR count). The minimum Gasteiger partial charge on any atom is -0.363 e. The smallest absolute Gasteiger partial charge is 0.0992 e. The van der Waals surface area contributed by atoms with E-state index in [4.69, 9.17) is 11.7 Å². The Hall–Kier alpha value is -1.93. The third kappa shape index (κ3) is 2.25. The highest BCUT2D eigenvalue weighted by atomic mass is 15.1. The molecule has 0 unspecified atom stereocenters. The van der Waals surface area contributed by atoms with Gasteiger partial charge in [-0.05, 0) is 18.2 Å². The van der Waals surface area contributed by atoms with Crippen LogP contribution in [-0.2, 0) is 0 Å². The highest BCUT2D eigenvalue weighted by Crippen LogP contribution is 2.13.